The maximum absolute atomic E-state index is 5.92. The third-order valence-corrected chi connectivity index (χ3v) is 3.31. The van der Waals surface area contributed by atoms with Crippen LogP contribution in [0.2, 0.25) is 5.02 Å². The summed E-state index contributed by atoms with van der Waals surface area (Å²) >= 11 is 5.92. The fraction of sp³-hybridized carbons (Fsp3) is 0.294. The summed E-state index contributed by atoms with van der Waals surface area (Å²) in [6.45, 7) is 5.73. The van der Waals surface area contributed by atoms with Crippen molar-refractivity contribution in [2.75, 3.05) is 18.5 Å². The normalized spacial score (nSPS) is 10.6. The summed E-state index contributed by atoms with van der Waals surface area (Å²) in [7, 11) is 0. The van der Waals surface area contributed by atoms with Crippen LogP contribution in [0.3, 0.4) is 0 Å². The maximum Gasteiger partial charge on any atom is 0.119 e. The minimum Gasteiger partial charge on any atom is -0.492 e. The van der Waals surface area contributed by atoms with Crippen LogP contribution >= 0.6 is 11.6 Å². The summed E-state index contributed by atoms with van der Waals surface area (Å²) in [5.74, 6) is 1.45. The van der Waals surface area contributed by atoms with Gasteiger partial charge in [0.15, 0.2) is 0 Å². The lowest BCUT2D eigenvalue weighted by atomic mass is 10.0. The summed E-state index contributed by atoms with van der Waals surface area (Å²) in [6, 6.07) is 16.0. The molecule has 0 saturated heterocycles. The van der Waals surface area contributed by atoms with Gasteiger partial charge in [-0.15, -0.1) is 0 Å². The molecule has 0 radical (unpaired) electrons. The Kier molecular flexibility index (Phi) is 5.31. The number of nitrogens with one attached hydrogen (secondary N) is 1. The van der Waals surface area contributed by atoms with Crippen molar-refractivity contribution in [3.63, 3.8) is 0 Å². The van der Waals surface area contributed by atoms with E-state index >= 15 is 0 Å². The van der Waals surface area contributed by atoms with E-state index in [1.807, 2.05) is 36.4 Å². The van der Waals surface area contributed by atoms with E-state index in [1.165, 1.54) is 5.56 Å². The predicted molar refractivity (Wildman–Crippen MR) is 86.0 cm³/mol. The van der Waals surface area contributed by atoms with Crippen LogP contribution in [0.25, 0.3) is 0 Å². The van der Waals surface area contributed by atoms with E-state index in [-0.39, 0.29) is 0 Å². The SMILES string of the molecule is CC(C)c1ccc(OCCNc2cccc(Cl)c2)cc1. The second-order valence-corrected chi connectivity index (χ2v) is 5.45. The highest BCUT2D eigenvalue weighted by molar-refractivity contribution is 6.30. The highest BCUT2D eigenvalue weighted by Gasteiger charge is 1.99. The maximum atomic E-state index is 5.92. The topological polar surface area (TPSA) is 21.3 Å². The van der Waals surface area contributed by atoms with Crippen LogP contribution in [0, 0.1) is 0 Å². The summed E-state index contributed by atoms with van der Waals surface area (Å²) in [5.41, 5.74) is 2.34. The van der Waals surface area contributed by atoms with Gasteiger partial charge in [0.2, 0.25) is 0 Å². The van der Waals surface area contributed by atoms with Crippen molar-refractivity contribution in [2.24, 2.45) is 0 Å². The summed E-state index contributed by atoms with van der Waals surface area (Å²) < 4.78 is 5.70. The molecule has 20 heavy (non-hydrogen) atoms. The molecule has 2 aromatic rings. The molecule has 0 saturated carbocycles. The average molecular weight is 290 g/mol. The molecular formula is C17H20ClNO. The Morgan fingerprint density at radius 3 is 2.50 bits per heavy atom. The molecule has 2 nitrogen and oxygen atoms in total. The van der Waals surface area contributed by atoms with Crippen LogP contribution in [-0.4, -0.2) is 13.2 Å². The summed E-state index contributed by atoms with van der Waals surface area (Å²) in [6.07, 6.45) is 0. The molecule has 0 aromatic heterocycles. The highest BCUT2D eigenvalue weighted by Crippen LogP contribution is 2.18. The molecule has 2 aromatic carbocycles. The molecule has 106 valence electrons. The van der Waals surface area contributed by atoms with Gasteiger partial charge in [-0.1, -0.05) is 43.6 Å². The van der Waals surface area contributed by atoms with Crippen molar-refractivity contribution in [1.29, 1.82) is 0 Å². The van der Waals surface area contributed by atoms with Gasteiger partial charge in [-0.3, -0.25) is 0 Å². The molecule has 1 N–H and O–H groups in total. The van der Waals surface area contributed by atoms with Gasteiger partial charge in [0.05, 0.1) is 0 Å². The standard InChI is InChI=1S/C17H20ClNO/c1-13(2)14-6-8-17(9-7-14)20-11-10-19-16-5-3-4-15(18)12-16/h3-9,12-13,19H,10-11H2,1-2H3. The second-order valence-electron chi connectivity index (χ2n) is 5.01. The van der Waals surface area contributed by atoms with Gasteiger partial charge in [0.1, 0.15) is 12.4 Å². The molecule has 0 heterocycles. The van der Waals surface area contributed by atoms with E-state index in [1.54, 1.807) is 0 Å². The molecule has 2 rings (SSSR count). The van der Waals surface area contributed by atoms with E-state index in [4.69, 9.17) is 16.3 Å². The number of halogens is 1. The van der Waals surface area contributed by atoms with Gasteiger partial charge >= 0.3 is 0 Å². The van der Waals surface area contributed by atoms with Crippen LogP contribution in [0.15, 0.2) is 48.5 Å². The molecule has 0 spiro atoms. The van der Waals surface area contributed by atoms with E-state index in [0.29, 0.717) is 12.5 Å². The fourth-order valence-corrected chi connectivity index (χ4v) is 2.10. The van der Waals surface area contributed by atoms with E-state index in [0.717, 1.165) is 23.0 Å². The van der Waals surface area contributed by atoms with E-state index in [9.17, 15) is 0 Å². The molecule has 0 aliphatic rings. The van der Waals surface area contributed by atoms with E-state index in [2.05, 4.69) is 31.3 Å². The number of anilines is 1. The van der Waals surface area contributed by atoms with E-state index < -0.39 is 0 Å². The Labute approximate surface area is 125 Å². The van der Waals surface area contributed by atoms with Gasteiger partial charge in [-0.2, -0.15) is 0 Å². The van der Waals surface area contributed by atoms with Crippen LogP contribution in [0.5, 0.6) is 5.75 Å². The fourth-order valence-electron chi connectivity index (χ4n) is 1.91. The first-order valence-electron chi connectivity index (χ1n) is 6.87. The van der Waals surface area contributed by atoms with Crippen molar-refractivity contribution >= 4 is 17.3 Å². The lowest BCUT2D eigenvalue weighted by molar-refractivity contribution is 0.333. The van der Waals surface area contributed by atoms with Crippen LogP contribution < -0.4 is 10.1 Å². The summed E-state index contributed by atoms with van der Waals surface area (Å²) in [5, 5.41) is 4.01. The zero-order valence-corrected chi connectivity index (χ0v) is 12.7. The van der Waals surface area contributed by atoms with Crippen LogP contribution in [-0.2, 0) is 0 Å². The third kappa shape index (κ3) is 4.46. The molecule has 0 bridgehead atoms. The first-order chi connectivity index (χ1) is 9.65. The van der Waals surface area contributed by atoms with Crippen molar-refractivity contribution in [1.82, 2.24) is 0 Å². The number of benzene rings is 2. The monoisotopic (exact) mass is 289 g/mol. The predicted octanol–water partition coefficient (Wildman–Crippen LogP) is 4.95. The van der Waals surface area contributed by atoms with Crippen LogP contribution in [0.4, 0.5) is 5.69 Å². The summed E-state index contributed by atoms with van der Waals surface area (Å²) in [4.78, 5) is 0. The molecule has 0 fully saturated rings. The minimum absolute atomic E-state index is 0.550. The second kappa shape index (κ2) is 7.20. The van der Waals surface area contributed by atoms with Gasteiger partial charge in [0.25, 0.3) is 0 Å². The number of hydrogen-bond acceptors (Lipinski definition) is 2. The van der Waals surface area contributed by atoms with Gasteiger partial charge in [-0.25, -0.2) is 0 Å². The Balaban J connectivity index is 1.75. The molecular weight excluding hydrogens is 270 g/mol. The average Bonchev–Trinajstić information content (AvgIpc) is 2.44. The minimum atomic E-state index is 0.550. The van der Waals surface area contributed by atoms with Gasteiger partial charge < -0.3 is 10.1 Å². The number of ether oxygens (including phenoxy) is 1. The highest BCUT2D eigenvalue weighted by atomic mass is 35.5. The first-order valence-corrected chi connectivity index (χ1v) is 7.25. The number of hydrogen-bond donors (Lipinski definition) is 1. The van der Waals surface area contributed by atoms with Crippen molar-refractivity contribution in [3.8, 4) is 5.75 Å². The smallest absolute Gasteiger partial charge is 0.119 e. The lowest BCUT2D eigenvalue weighted by Crippen LogP contribution is -2.11. The number of rotatable bonds is 6. The molecule has 0 unspecified atom stereocenters. The Bertz CT molecular complexity index is 537. The van der Waals surface area contributed by atoms with Crippen molar-refractivity contribution in [3.05, 3.63) is 59.1 Å². The zero-order valence-electron chi connectivity index (χ0n) is 11.9. The molecule has 0 aliphatic heterocycles. The lowest BCUT2D eigenvalue weighted by Gasteiger charge is -2.10. The van der Waals surface area contributed by atoms with Crippen molar-refractivity contribution < 1.29 is 4.74 Å². The van der Waals surface area contributed by atoms with Crippen LogP contribution in [0.1, 0.15) is 25.3 Å². The third-order valence-electron chi connectivity index (χ3n) is 3.07. The first kappa shape index (κ1) is 14.7. The molecule has 0 atom stereocenters. The van der Waals surface area contributed by atoms with Crippen molar-refractivity contribution in [2.45, 2.75) is 19.8 Å². The Morgan fingerprint density at radius 2 is 1.85 bits per heavy atom. The largest absolute Gasteiger partial charge is 0.492 e. The molecule has 3 heteroatoms. The Hall–Kier alpha value is -1.67. The Morgan fingerprint density at radius 1 is 1.10 bits per heavy atom. The van der Waals surface area contributed by atoms with Gasteiger partial charge in [0, 0.05) is 17.3 Å². The molecule has 0 amide bonds. The quantitative estimate of drug-likeness (QED) is 0.759. The van der Waals surface area contributed by atoms with Gasteiger partial charge in [-0.05, 0) is 41.8 Å². The zero-order chi connectivity index (χ0) is 14.4. The molecule has 0 aliphatic carbocycles.